The fraction of sp³-hybridized carbons (Fsp3) is 0.565. The molecule has 1 aromatic heterocycles. The monoisotopic (exact) mass is 415 g/mol. The highest BCUT2D eigenvalue weighted by molar-refractivity contribution is 7.11. The summed E-state index contributed by atoms with van der Waals surface area (Å²) in [5.74, 6) is 1.71. The Morgan fingerprint density at radius 1 is 1.34 bits per heavy atom. The van der Waals surface area contributed by atoms with Crippen molar-refractivity contribution in [2.24, 2.45) is 5.92 Å². The number of carbonyl (C=O) groups excluding carboxylic acids is 1. The quantitative estimate of drug-likeness (QED) is 0.659. The predicted octanol–water partition coefficient (Wildman–Crippen LogP) is 3.72. The molecule has 0 radical (unpaired) electrons. The summed E-state index contributed by atoms with van der Waals surface area (Å²) in [6.07, 6.45) is 3.86. The molecule has 1 aliphatic heterocycles. The zero-order valence-electron chi connectivity index (χ0n) is 18.1. The number of methoxy groups -OCH3 is 1. The zero-order chi connectivity index (χ0) is 20.8. The van der Waals surface area contributed by atoms with Crippen molar-refractivity contribution < 1.29 is 9.53 Å². The van der Waals surface area contributed by atoms with Crippen LogP contribution < -0.4 is 4.74 Å². The van der Waals surface area contributed by atoms with Crippen LogP contribution in [0.3, 0.4) is 0 Å². The van der Waals surface area contributed by atoms with Crippen LogP contribution in [0.15, 0.2) is 24.3 Å². The fourth-order valence-corrected chi connectivity index (χ4v) is 5.12. The molecule has 0 unspecified atom stereocenters. The van der Waals surface area contributed by atoms with Crippen molar-refractivity contribution in [3.63, 3.8) is 0 Å². The maximum atomic E-state index is 12.7. The number of aryl methyl sites for hydroxylation is 2. The molecule has 5 nitrogen and oxygen atoms in total. The van der Waals surface area contributed by atoms with E-state index in [-0.39, 0.29) is 5.91 Å². The van der Waals surface area contributed by atoms with Gasteiger partial charge in [-0.1, -0.05) is 18.2 Å². The van der Waals surface area contributed by atoms with Gasteiger partial charge in [0.25, 0.3) is 0 Å². The standard InChI is InChI=1S/C23H33N3O2S/c1-17-22(29-18(2)24-17)14-23(27)25(3)15-19-8-7-12-26(16-19)13-11-20-9-5-6-10-21(20)28-4/h5-6,9-10,19H,7-8,11-16H2,1-4H3/t19-/m1/s1. The number of nitrogens with zero attached hydrogens (tertiary/aromatic N) is 3. The Morgan fingerprint density at radius 2 is 2.14 bits per heavy atom. The molecular formula is C23H33N3O2S. The van der Waals surface area contributed by atoms with Crippen LogP contribution in [0.4, 0.5) is 0 Å². The number of carbonyl (C=O) groups is 1. The number of para-hydroxylation sites is 1. The summed E-state index contributed by atoms with van der Waals surface area (Å²) in [6.45, 7) is 8.06. The van der Waals surface area contributed by atoms with Gasteiger partial charge >= 0.3 is 0 Å². The maximum Gasteiger partial charge on any atom is 0.227 e. The lowest BCUT2D eigenvalue weighted by Crippen LogP contribution is -2.42. The molecule has 1 aliphatic rings. The van der Waals surface area contributed by atoms with Crippen molar-refractivity contribution in [1.29, 1.82) is 0 Å². The van der Waals surface area contributed by atoms with E-state index < -0.39 is 0 Å². The van der Waals surface area contributed by atoms with Gasteiger partial charge in [0.15, 0.2) is 0 Å². The molecule has 2 aromatic rings. The molecule has 1 fully saturated rings. The van der Waals surface area contributed by atoms with Crippen LogP contribution in [-0.4, -0.2) is 61.0 Å². The highest BCUT2D eigenvalue weighted by Crippen LogP contribution is 2.22. The minimum absolute atomic E-state index is 0.197. The molecule has 6 heteroatoms. The van der Waals surface area contributed by atoms with Crippen molar-refractivity contribution >= 4 is 17.2 Å². The zero-order valence-corrected chi connectivity index (χ0v) is 18.9. The van der Waals surface area contributed by atoms with E-state index in [0.717, 1.165) is 53.9 Å². The number of likely N-dealkylation sites (tertiary alicyclic amines) is 1. The molecule has 0 saturated carbocycles. The third kappa shape index (κ3) is 6.03. The average Bonchev–Trinajstić information content (AvgIpc) is 3.03. The highest BCUT2D eigenvalue weighted by atomic mass is 32.1. The van der Waals surface area contributed by atoms with Crippen molar-refractivity contribution in [2.75, 3.05) is 40.3 Å². The van der Waals surface area contributed by atoms with E-state index >= 15 is 0 Å². The summed E-state index contributed by atoms with van der Waals surface area (Å²) in [4.78, 5) is 22.7. The first-order chi connectivity index (χ1) is 14.0. The van der Waals surface area contributed by atoms with E-state index in [1.54, 1.807) is 18.4 Å². The Morgan fingerprint density at radius 3 is 2.86 bits per heavy atom. The second-order valence-electron chi connectivity index (χ2n) is 8.06. The number of hydrogen-bond acceptors (Lipinski definition) is 5. The van der Waals surface area contributed by atoms with E-state index in [1.807, 2.05) is 37.9 Å². The van der Waals surface area contributed by atoms with Gasteiger partial charge in [-0.15, -0.1) is 11.3 Å². The largest absolute Gasteiger partial charge is 0.496 e. The Bertz CT molecular complexity index is 820. The first-order valence-electron chi connectivity index (χ1n) is 10.5. The Hall–Kier alpha value is -1.92. The topological polar surface area (TPSA) is 45.7 Å². The van der Waals surface area contributed by atoms with Gasteiger partial charge in [-0.3, -0.25) is 4.79 Å². The van der Waals surface area contributed by atoms with Gasteiger partial charge in [0.05, 0.1) is 24.2 Å². The number of benzene rings is 1. The summed E-state index contributed by atoms with van der Waals surface area (Å²) in [7, 11) is 3.68. The summed E-state index contributed by atoms with van der Waals surface area (Å²) in [5.41, 5.74) is 2.26. The summed E-state index contributed by atoms with van der Waals surface area (Å²) >= 11 is 1.64. The molecule has 1 atom stereocenters. The number of hydrogen-bond donors (Lipinski definition) is 0. The second-order valence-corrected chi connectivity index (χ2v) is 9.35. The minimum Gasteiger partial charge on any atom is -0.496 e. The highest BCUT2D eigenvalue weighted by Gasteiger charge is 2.23. The molecule has 0 aliphatic carbocycles. The van der Waals surface area contributed by atoms with Crippen LogP contribution in [0.5, 0.6) is 5.75 Å². The van der Waals surface area contributed by atoms with E-state index in [0.29, 0.717) is 12.3 Å². The molecule has 0 spiro atoms. The molecule has 3 rings (SSSR count). The minimum atomic E-state index is 0.197. The number of likely N-dealkylation sites (N-methyl/N-ethyl adjacent to an activating group) is 1. The first kappa shape index (κ1) is 21.8. The van der Waals surface area contributed by atoms with Crippen LogP contribution in [0.2, 0.25) is 0 Å². The SMILES string of the molecule is COc1ccccc1CCN1CCC[C@H](CN(C)C(=O)Cc2sc(C)nc2C)C1. The van der Waals surface area contributed by atoms with E-state index in [1.165, 1.54) is 18.4 Å². The Balaban J connectivity index is 1.48. The lowest BCUT2D eigenvalue weighted by molar-refractivity contribution is -0.129. The van der Waals surface area contributed by atoms with E-state index in [9.17, 15) is 4.79 Å². The van der Waals surface area contributed by atoms with Crippen LogP contribution >= 0.6 is 11.3 Å². The smallest absolute Gasteiger partial charge is 0.227 e. The van der Waals surface area contributed by atoms with Gasteiger partial charge < -0.3 is 14.5 Å². The summed E-state index contributed by atoms with van der Waals surface area (Å²) < 4.78 is 5.48. The van der Waals surface area contributed by atoms with Gasteiger partial charge in [-0.05, 0) is 57.2 Å². The van der Waals surface area contributed by atoms with Gasteiger partial charge in [-0.2, -0.15) is 0 Å². The summed E-state index contributed by atoms with van der Waals surface area (Å²) in [5, 5.41) is 1.03. The van der Waals surface area contributed by atoms with Crippen molar-refractivity contribution in [2.45, 2.75) is 39.5 Å². The van der Waals surface area contributed by atoms with Gasteiger partial charge in [0.2, 0.25) is 5.91 Å². The van der Waals surface area contributed by atoms with Crippen molar-refractivity contribution in [3.8, 4) is 5.75 Å². The first-order valence-corrected chi connectivity index (χ1v) is 11.3. The molecule has 1 aromatic carbocycles. The van der Waals surface area contributed by atoms with Crippen LogP contribution in [-0.2, 0) is 17.6 Å². The third-order valence-electron chi connectivity index (χ3n) is 5.76. The number of thiazole rings is 1. The molecular weight excluding hydrogens is 382 g/mol. The molecule has 1 saturated heterocycles. The fourth-order valence-electron chi connectivity index (χ4n) is 4.19. The van der Waals surface area contributed by atoms with Crippen LogP contribution in [0.1, 0.15) is 34.0 Å². The molecule has 0 N–H and O–H groups in total. The third-order valence-corrected chi connectivity index (χ3v) is 6.84. The lowest BCUT2D eigenvalue weighted by Gasteiger charge is -2.34. The molecule has 158 valence electrons. The maximum absolute atomic E-state index is 12.7. The van der Waals surface area contributed by atoms with Crippen LogP contribution in [0, 0.1) is 19.8 Å². The van der Waals surface area contributed by atoms with Gasteiger partial charge in [0.1, 0.15) is 5.75 Å². The number of piperidine rings is 1. The number of amides is 1. The summed E-state index contributed by atoms with van der Waals surface area (Å²) in [6, 6.07) is 8.27. The Labute approximate surface area is 178 Å². The number of ether oxygens (including phenoxy) is 1. The number of aromatic nitrogens is 1. The molecule has 1 amide bonds. The molecule has 2 heterocycles. The second kappa shape index (κ2) is 10.2. The van der Waals surface area contributed by atoms with E-state index in [4.69, 9.17) is 4.74 Å². The normalized spacial score (nSPS) is 17.3. The Kier molecular flexibility index (Phi) is 7.67. The van der Waals surface area contributed by atoms with Crippen LogP contribution in [0.25, 0.3) is 0 Å². The van der Waals surface area contributed by atoms with E-state index in [2.05, 4.69) is 22.0 Å². The van der Waals surface area contributed by atoms with Crippen molar-refractivity contribution in [3.05, 3.63) is 45.4 Å². The van der Waals surface area contributed by atoms with Crippen molar-refractivity contribution in [1.82, 2.24) is 14.8 Å². The lowest BCUT2D eigenvalue weighted by atomic mass is 9.97. The van der Waals surface area contributed by atoms with Gasteiger partial charge in [0, 0.05) is 31.6 Å². The molecule has 29 heavy (non-hydrogen) atoms. The predicted molar refractivity (Wildman–Crippen MR) is 119 cm³/mol. The van der Waals surface area contributed by atoms with Gasteiger partial charge in [-0.25, -0.2) is 4.98 Å². The number of rotatable bonds is 8. The molecule has 0 bridgehead atoms. The average molecular weight is 416 g/mol.